The Labute approximate surface area is 121 Å². The Balaban J connectivity index is 1.81. The van der Waals surface area contributed by atoms with Crippen LogP contribution in [0, 0.1) is 0 Å². The van der Waals surface area contributed by atoms with Gasteiger partial charge in [-0.25, -0.2) is 0 Å². The van der Waals surface area contributed by atoms with Gasteiger partial charge >= 0.3 is 0 Å². The van der Waals surface area contributed by atoms with Crippen LogP contribution in [-0.2, 0) is 6.54 Å². The highest BCUT2D eigenvalue weighted by atomic mass is 32.2. The number of nitrogens with one attached hydrogen (secondary N) is 1. The van der Waals surface area contributed by atoms with Gasteiger partial charge in [0.15, 0.2) is 0 Å². The molecule has 1 fully saturated rings. The van der Waals surface area contributed by atoms with Gasteiger partial charge in [0.1, 0.15) is 0 Å². The zero-order chi connectivity index (χ0) is 13.7. The molecule has 0 heterocycles. The molecule has 0 saturated heterocycles. The molecule has 1 aromatic rings. The molecule has 0 amide bonds. The molecule has 0 unspecified atom stereocenters. The van der Waals surface area contributed by atoms with Crippen molar-refractivity contribution in [3.05, 3.63) is 29.8 Å². The molecule has 0 spiro atoms. The van der Waals surface area contributed by atoms with Crippen LogP contribution in [0.1, 0.15) is 45.1 Å². The normalized spacial score (nSPS) is 18.1. The van der Waals surface area contributed by atoms with Crippen molar-refractivity contribution < 1.29 is 5.11 Å². The standard InChI is InChI=1S/C16H25NOS/c1-13(2)17-11-14-5-7-15(8-6-14)19-12-16(18)9-3-4-10-16/h5-8,13,17-18H,3-4,9-12H2,1-2H3. The molecule has 2 nitrogen and oxygen atoms in total. The summed E-state index contributed by atoms with van der Waals surface area (Å²) in [5.41, 5.74) is 0.903. The Morgan fingerprint density at radius 2 is 1.84 bits per heavy atom. The van der Waals surface area contributed by atoms with Gasteiger partial charge in [-0.3, -0.25) is 0 Å². The number of rotatable bonds is 6. The number of hydrogen-bond acceptors (Lipinski definition) is 3. The summed E-state index contributed by atoms with van der Waals surface area (Å²) in [5, 5.41) is 13.7. The Morgan fingerprint density at radius 1 is 1.21 bits per heavy atom. The van der Waals surface area contributed by atoms with Gasteiger partial charge in [-0.05, 0) is 30.5 Å². The molecule has 2 N–H and O–H groups in total. The third kappa shape index (κ3) is 4.83. The largest absolute Gasteiger partial charge is 0.389 e. The third-order valence-corrected chi connectivity index (χ3v) is 4.97. The van der Waals surface area contributed by atoms with Crippen molar-refractivity contribution in [2.24, 2.45) is 0 Å². The van der Waals surface area contributed by atoms with Crippen LogP contribution in [0.2, 0.25) is 0 Å². The number of thioether (sulfide) groups is 1. The molecule has 3 heteroatoms. The van der Waals surface area contributed by atoms with Crippen LogP contribution >= 0.6 is 11.8 Å². The van der Waals surface area contributed by atoms with E-state index in [1.807, 2.05) is 0 Å². The minimum absolute atomic E-state index is 0.414. The highest BCUT2D eigenvalue weighted by molar-refractivity contribution is 7.99. The summed E-state index contributed by atoms with van der Waals surface area (Å²) in [6.07, 6.45) is 4.29. The van der Waals surface area contributed by atoms with Crippen LogP contribution in [0.4, 0.5) is 0 Å². The van der Waals surface area contributed by atoms with Crippen molar-refractivity contribution in [1.82, 2.24) is 5.32 Å². The van der Waals surface area contributed by atoms with Gasteiger partial charge in [-0.15, -0.1) is 11.8 Å². The summed E-state index contributed by atoms with van der Waals surface area (Å²) in [7, 11) is 0. The van der Waals surface area contributed by atoms with Crippen LogP contribution in [-0.4, -0.2) is 22.5 Å². The maximum Gasteiger partial charge on any atom is 0.0741 e. The lowest BCUT2D eigenvalue weighted by Gasteiger charge is -2.21. The molecule has 0 bridgehead atoms. The van der Waals surface area contributed by atoms with E-state index in [9.17, 15) is 5.11 Å². The fourth-order valence-corrected chi connectivity index (χ4v) is 3.47. The maximum absolute atomic E-state index is 10.3. The summed E-state index contributed by atoms with van der Waals surface area (Å²) in [6.45, 7) is 5.24. The SMILES string of the molecule is CC(C)NCc1ccc(SCC2(O)CCCC2)cc1. The van der Waals surface area contributed by atoms with E-state index < -0.39 is 5.60 Å². The van der Waals surface area contributed by atoms with E-state index in [1.54, 1.807) is 11.8 Å². The van der Waals surface area contributed by atoms with E-state index in [4.69, 9.17) is 0 Å². The van der Waals surface area contributed by atoms with E-state index in [1.165, 1.54) is 23.3 Å². The van der Waals surface area contributed by atoms with Crippen LogP contribution in [0.5, 0.6) is 0 Å². The molecule has 1 aromatic carbocycles. The lowest BCUT2D eigenvalue weighted by molar-refractivity contribution is 0.0732. The Bertz CT molecular complexity index is 382. The van der Waals surface area contributed by atoms with E-state index >= 15 is 0 Å². The highest BCUT2D eigenvalue weighted by Crippen LogP contribution is 2.34. The topological polar surface area (TPSA) is 32.3 Å². The fraction of sp³-hybridized carbons (Fsp3) is 0.625. The quantitative estimate of drug-likeness (QED) is 0.781. The van der Waals surface area contributed by atoms with Crippen molar-refractivity contribution in [3.8, 4) is 0 Å². The second-order valence-electron chi connectivity index (χ2n) is 5.90. The second-order valence-corrected chi connectivity index (χ2v) is 6.95. The van der Waals surface area contributed by atoms with Gasteiger partial charge in [0, 0.05) is 23.2 Å². The van der Waals surface area contributed by atoms with Gasteiger partial charge in [0.2, 0.25) is 0 Å². The average Bonchev–Trinajstić information content (AvgIpc) is 2.83. The maximum atomic E-state index is 10.3. The van der Waals surface area contributed by atoms with Crippen molar-refractivity contribution in [2.45, 2.75) is 62.6 Å². The van der Waals surface area contributed by atoms with E-state index in [2.05, 4.69) is 43.4 Å². The zero-order valence-electron chi connectivity index (χ0n) is 12.0. The smallest absolute Gasteiger partial charge is 0.0741 e. The van der Waals surface area contributed by atoms with Crippen LogP contribution in [0.3, 0.4) is 0 Å². The van der Waals surface area contributed by atoms with Gasteiger partial charge in [0.05, 0.1) is 5.60 Å². The summed E-state index contributed by atoms with van der Waals surface area (Å²) in [5.74, 6) is 0.830. The van der Waals surface area contributed by atoms with Gasteiger partial charge < -0.3 is 10.4 Å². The number of hydrogen-bond donors (Lipinski definition) is 2. The predicted molar refractivity (Wildman–Crippen MR) is 82.6 cm³/mol. The summed E-state index contributed by atoms with van der Waals surface area (Å²) in [6, 6.07) is 9.21. The third-order valence-electron chi connectivity index (χ3n) is 3.68. The first kappa shape index (κ1) is 14.9. The molecular formula is C16H25NOS. The molecular weight excluding hydrogens is 254 g/mol. The zero-order valence-corrected chi connectivity index (χ0v) is 12.8. The minimum atomic E-state index is -0.414. The highest BCUT2D eigenvalue weighted by Gasteiger charge is 2.30. The second kappa shape index (κ2) is 6.78. The molecule has 1 aliphatic carbocycles. The van der Waals surface area contributed by atoms with Gasteiger partial charge in [-0.1, -0.05) is 38.8 Å². The summed E-state index contributed by atoms with van der Waals surface area (Å²) < 4.78 is 0. The Hall–Kier alpha value is -0.510. The Morgan fingerprint density at radius 3 is 2.42 bits per heavy atom. The summed E-state index contributed by atoms with van der Waals surface area (Å²) in [4.78, 5) is 1.26. The molecule has 0 aromatic heterocycles. The first-order valence-electron chi connectivity index (χ1n) is 7.25. The molecule has 0 aliphatic heterocycles. The van der Waals surface area contributed by atoms with Crippen LogP contribution in [0.15, 0.2) is 29.2 Å². The molecule has 1 saturated carbocycles. The average molecular weight is 279 g/mol. The van der Waals surface area contributed by atoms with Crippen LogP contribution in [0.25, 0.3) is 0 Å². The first-order chi connectivity index (χ1) is 9.07. The molecule has 0 atom stereocenters. The molecule has 1 aliphatic rings. The van der Waals surface area contributed by atoms with Crippen molar-refractivity contribution in [3.63, 3.8) is 0 Å². The molecule has 2 rings (SSSR count). The van der Waals surface area contributed by atoms with Crippen molar-refractivity contribution in [2.75, 3.05) is 5.75 Å². The lowest BCUT2D eigenvalue weighted by Crippen LogP contribution is -2.27. The summed E-state index contributed by atoms with van der Waals surface area (Å²) >= 11 is 1.78. The minimum Gasteiger partial charge on any atom is -0.389 e. The van der Waals surface area contributed by atoms with Gasteiger partial charge in [0.25, 0.3) is 0 Å². The molecule has 0 radical (unpaired) electrons. The monoisotopic (exact) mass is 279 g/mol. The van der Waals surface area contributed by atoms with E-state index in [0.717, 1.165) is 25.1 Å². The first-order valence-corrected chi connectivity index (χ1v) is 8.23. The number of aliphatic hydroxyl groups is 1. The van der Waals surface area contributed by atoms with Gasteiger partial charge in [-0.2, -0.15) is 0 Å². The molecule has 106 valence electrons. The van der Waals surface area contributed by atoms with E-state index in [-0.39, 0.29) is 0 Å². The van der Waals surface area contributed by atoms with Crippen molar-refractivity contribution >= 4 is 11.8 Å². The predicted octanol–water partition coefficient (Wildman–Crippen LogP) is 3.58. The number of benzene rings is 1. The molecule has 19 heavy (non-hydrogen) atoms. The fourth-order valence-electron chi connectivity index (χ4n) is 2.42. The lowest BCUT2D eigenvalue weighted by atomic mass is 10.1. The van der Waals surface area contributed by atoms with Crippen LogP contribution < -0.4 is 5.32 Å². The Kier molecular flexibility index (Phi) is 5.31. The van der Waals surface area contributed by atoms with Crippen molar-refractivity contribution in [1.29, 1.82) is 0 Å². The van der Waals surface area contributed by atoms with E-state index in [0.29, 0.717) is 6.04 Å².